The van der Waals surface area contributed by atoms with Gasteiger partial charge in [0.2, 0.25) is 5.89 Å². The molecule has 1 aromatic carbocycles. The Kier molecular flexibility index (Phi) is 3.34. The maximum Gasteiger partial charge on any atom is 0.231 e. The largest absolute Gasteiger partial charge is 0.339 e. The van der Waals surface area contributed by atoms with Crippen molar-refractivity contribution in [2.24, 2.45) is 0 Å². The van der Waals surface area contributed by atoms with Gasteiger partial charge in [-0.2, -0.15) is 4.98 Å². The molecule has 1 aromatic heterocycles. The van der Waals surface area contributed by atoms with Crippen LogP contribution >= 0.6 is 0 Å². The molecule has 0 amide bonds. The first-order valence-electron chi connectivity index (χ1n) is 6.84. The molecule has 2 aromatic rings. The minimum absolute atomic E-state index is 0.275. The van der Waals surface area contributed by atoms with E-state index in [9.17, 15) is 0 Å². The molecule has 0 radical (unpaired) electrons. The van der Waals surface area contributed by atoms with Crippen molar-refractivity contribution in [1.29, 1.82) is 0 Å². The second-order valence-corrected chi connectivity index (χ2v) is 5.29. The van der Waals surface area contributed by atoms with Crippen LogP contribution < -0.4 is 5.32 Å². The lowest BCUT2D eigenvalue weighted by Gasteiger charge is -2.03. The third-order valence-electron chi connectivity index (χ3n) is 3.78. The highest BCUT2D eigenvalue weighted by molar-refractivity contribution is 5.31. The summed E-state index contributed by atoms with van der Waals surface area (Å²) in [6.45, 7) is 5.29. The summed E-state index contributed by atoms with van der Waals surface area (Å²) < 4.78 is 5.35. The van der Waals surface area contributed by atoms with E-state index in [1.54, 1.807) is 0 Å². The second kappa shape index (κ2) is 5.13. The summed E-state index contributed by atoms with van der Waals surface area (Å²) in [5.41, 5.74) is 3.83. The highest BCUT2D eigenvalue weighted by atomic mass is 16.5. The molecule has 1 aliphatic heterocycles. The summed E-state index contributed by atoms with van der Waals surface area (Å²) in [6.07, 6.45) is 3.00. The minimum atomic E-state index is 0.275. The third-order valence-corrected chi connectivity index (χ3v) is 3.78. The van der Waals surface area contributed by atoms with E-state index in [4.69, 9.17) is 4.52 Å². The van der Waals surface area contributed by atoms with Gasteiger partial charge in [0.15, 0.2) is 5.82 Å². The smallest absolute Gasteiger partial charge is 0.231 e. The van der Waals surface area contributed by atoms with Gasteiger partial charge >= 0.3 is 0 Å². The Hall–Kier alpha value is -1.68. The number of benzene rings is 1. The first-order valence-corrected chi connectivity index (χ1v) is 6.84. The Morgan fingerprint density at radius 3 is 2.95 bits per heavy atom. The Bertz CT molecular complexity index is 571. The maximum absolute atomic E-state index is 5.35. The van der Waals surface area contributed by atoms with Crippen molar-refractivity contribution >= 4 is 0 Å². The van der Waals surface area contributed by atoms with Gasteiger partial charge < -0.3 is 9.84 Å². The molecule has 100 valence electrons. The van der Waals surface area contributed by atoms with E-state index in [2.05, 4.69) is 47.5 Å². The quantitative estimate of drug-likeness (QED) is 0.918. The normalized spacial score (nSPS) is 18.9. The highest BCUT2D eigenvalue weighted by Gasteiger charge is 2.21. The zero-order chi connectivity index (χ0) is 13.2. The van der Waals surface area contributed by atoms with Crippen LogP contribution in [0.15, 0.2) is 22.7 Å². The van der Waals surface area contributed by atoms with Gasteiger partial charge in [-0.1, -0.05) is 23.4 Å². The molecule has 4 nitrogen and oxygen atoms in total. The standard InChI is InChI=1S/C15H19N3O/c1-10-5-6-12(8-11(10)2)9-14-17-15(18-19-14)13-4-3-7-16-13/h5-6,8,13,16H,3-4,7,9H2,1-2H3. The monoisotopic (exact) mass is 257 g/mol. The Morgan fingerprint density at radius 2 is 2.21 bits per heavy atom. The van der Waals surface area contributed by atoms with Crippen molar-refractivity contribution in [3.05, 3.63) is 46.6 Å². The van der Waals surface area contributed by atoms with Crippen molar-refractivity contribution in [1.82, 2.24) is 15.5 Å². The summed E-state index contributed by atoms with van der Waals surface area (Å²) >= 11 is 0. The Balaban J connectivity index is 1.74. The van der Waals surface area contributed by atoms with E-state index in [-0.39, 0.29) is 6.04 Å². The lowest BCUT2D eigenvalue weighted by molar-refractivity contribution is 0.373. The fraction of sp³-hybridized carbons (Fsp3) is 0.467. The van der Waals surface area contributed by atoms with E-state index >= 15 is 0 Å². The molecule has 4 heteroatoms. The number of nitrogens with one attached hydrogen (secondary N) is 1. The number of hydrogen-bond donors (Lipinski definition) is 1. The maximum atomic E-state index is 5.35. The molecule has 3 rings (SSSR count). The number of rotatable bonds is 3. The average molecular weight is 257 g/mol. The average Bonchev–Trinajstić information content (AvgIpc) is 3.04. The zero-order valence-electron chi connectivity index (χ0n) is 11.4. The molecule has 19 heavy (non-hydrogen) atoms. The molecule has 1 unspecified atom stereocenters. The van der Waals surface area contributed by atoms with E-state index in [1.165, 1.54) is 23.1 Å². The Morgan fingerprint density at radius 1 is 1.32 bits per heavy atom. The molecule has 1 aliphatic rings. The van der Waals surface area contributed by atoms with Gasteiger partial charge in [0.25, 0.3) is 0 Å². The Labute approximate surface area is 113 Å². The molecule has 1 N–H and O–H groups in total. The van der Waals surface area contributed by atoms with E-state index < -0.39 is 0 Å². The fourth-order valence-electron chi connectivity index (χ4n) is 2.47. The van der Waals surface area contributed by atoms with Crippen LogP contribution in [0.5, 0.6) is 0 Å². The van der Waals surface area contributed by atoms with Crippen LogP contribution in [0.1, 0.15) is 47.3 Å². The predicted octanol–water partition coefficient (Wildman–Crippen LogP) is 2.70. The summed E-state index contributed by atoms with van der Waals surface area (Å²) in [5, 5.41) is 7.47. The van der Waals surface area contributed by atoms with Gasteiger partial charge in [0.1, 0.15) is 0 Å². The number of aryl methyl sites for hydroxylation is 2. The molecule has 0 aliphatic carbocycles. The molecule has 1 atom stereocenters. The molecule has 2 heterocycles. The van der Waals surface area contributed by atoms with Gasteiger partial charge in [-0.3, -0.25) is 0 Å². The third kappa shape index (κ3) is 2.68. The summed E-state index contributed by atoms with van der Waals surface area (Å²) in [4.78, 5) is 4.50. The highest BCUT2D eigenvalue weighted by Crippen LogP contribution is 2.21. The van der Waals surface area contributed by atoms with Crippen molar-refractivity contribution in [3.63, 3.8) is 0 Å². The summed E-state index contributed by atoms with van der Waals surface area (Å²) in [5.74, 6) is 1.50. The van der Waals surface area contributed by atoms with E-state index in [0.717, 1.165) is 18.8 Å². The second-order valence-electron chi connectivity index (χ2n) is 5.29. The van der Waals surface area contributed by atoms with Crippen molar-refractivity contribution in [2.75, 3.05) is 6.54 Å². The van der Waals surface area contributed by atoms with Gasteiger partial charge in [-0.25, -0.2) is 0 Å². The van der Waals surface area contributed by atoms with E-state index in [0.29, 0.717) is 12.3 Å². The van der Waals surface area contributed by atoms with Crippen LogP contribution in [0, 0.1) is 13.8 Å². The van der Waals surface area contributed by atoms with Gasteiger partial charge in [-0.15, -0.1) is 0 Å². The van der Waals surface area contributed by atoms with Crippen molar-refractivity contribution in [3.8, 4) is 0 Å². The molecule has 0 bridgehead atoms. The molecule has 0 saturated carbocycles. The molecular weight excluding hydrogens is 238 g/mol. The van der Waals surface area contributed by atoms with Crippen LogP contribution in [0.25, 0.3) is 0 Å². The molecule has 1 fully saturated rings. The first-order chi connectivity index (χ1) is 9.22. The van der Waals surface area contributed by atoms with Gasteiger partial charge in [0, 0.05) is 0 Å². The zero-order valence-corrected chi connectivity index (χ0v) is 11.4. The van der Waals surface area contributed by atoms with Crippen LogP contribution in [0.2, 0.25) is 0 Å². The molecular formula is C15H19N3O. The number of hydrogen-bond acceptors (Lipinski definition) is 4. The molecule has 1 saturated heterocycles. The van der Waals surface area contributed by atoms with E-state index in [1.807, 2.05) is 0 Å². The predicted molar refractivity (Wildman–Crippen MR) is 73.0 cm³/mol. The number of aromatic nitrogens is 2. The SMILES string of the molecule is Cc1ccc(Cc2nc(C3CCCN3)no2)cc1C. The summed E-state index contributed by atoms with van der Waals surface area (Å²) in [7, 11) is 0. The van der Waals surface area contributed by atoms with Crippen LogP contribution in [-0.2, 0) is 6.42 Å². The fourth-order valence-corrected chi connectivity index (χ4v) is 2.47. The minimum Gasteiger partial charge on any atom is -0.339 e. The van der Waals surface area contributed by atoms with Crippen LogP contribution in [0.3, 0.4) is 0 Å². The summed E-state index contributed by atoms with van der Waals surface area (Å²) in [6, 6.07) is 6.73. The van der Waals surface area contributed by atoms with Crippen molar-refractivity contribution < 1.29 is 4.52 Å². The van der Waals surface area contributed by atoms with Crippen LogP contribution in [-0.4, -0.2) is 16.7 Å². The van der Waals surface area contributed by atoms with Gasteiger partial charge in [0.05, 0.1) is 12.5 Å². The first kappa shape index (κ1) is 12.4. The lowest BCUT2D eigenvalue weighted by Crippen LogP contribution is -2.14. The topological polar surface area (TPSA) is 51.0 Å². The number of nitrogens with zero attached hydrogens (tertiary/aromatic N) is 2. The van der Waals surface area contributed by atoms with Gasteiger partial charge in [-0.05, 0) is 49.9 Å². The lowest BCUT2D eigenvalue weighted by atomic mass is 10.0. The van der Waals surface area contributed by atoms with Crippen LogP contribution in [0.4, 0.5) is 0 Å². The molecule has 0 spiro atoms. The van der Waals surface area contributed by atoms with Crippen molar-refractivity contribution in [2.45, 2.75) is 39.2 Å².